The van der Waals surface area contributed by atoms with E-state index in [9.17, 15) is 9.59 Å². The van der Waals surface area contributed by atoms with Gasteiger partial charge in [0.05, 0.1) is 10.8 Å². The first-order chi connectivity index (χ1) is 7.79. The van der Waals surface area contributed by atoms with Crippen molar-refractivity contribution in [1.82, 2.24) is 9.03 Å². The normalized spacial score (nSPS) is 11.0. The summed E-state index contributed by atoms with van der Waals surface area (Å²) in [4.78, 5) is 24.1. The van der Waals surface area contributed by atoms with Crippen molar-refractivity contribution in [1.29, 1.82) is 0 Å². The number of nitrogens with zero attached hydrogens (tertiary/aromatic N) is 2. The molecule has 0 aliphatic carbocycles. The summed E-state index contributed by atoms with van der Waals surface area (Å²) in [7, 11) is 0. The fraction of sp³-hybridized carbons (Fsp3) is 0. The zero-order valence-corrected chi connectivity index (χ0v) is 8.33. The summed E-state index contributed by atoms with van der Waals surface area (Å²) in [5.74, 6) is 0. The van der Waals surface area contributed by atoms with Crippen molar-refractivity contribution in [3.05, 3.63) is 69.5 Å². The van der Waals surface area contributed by atoms with Crippen molar-refractivity contribution >= 4 is 10.8 Å². The molecular weight excluding hydrogens is 204 g/mol. The van der Waals surface area contributed by atoms with E-state index in [2.05, 4.69) is 0 Å². The van der Waals surface area contributed by atoms with Crippen LogP contribution in [0, 0.1) is 0 Å². The van der Waals surface area contributed by atoms with E-state index in [1.54, 1.807) is 48.8 Å². The minimum absolute atomic E-state index is 0.184. The highest BCUT2D eigenvalue weighted by molar-refractivity contribution is 5.80. The second-order valence-electron chi connectivity index (χ2n) is 3.53. The van der Waals surface area contributed by atoms with Crippen molar-refractivity contribution in [2.45, 2.75) is 0 Å². The smallest absolute Gasteiger partial charge is 0.267 e. The third kappa shape index (κ3) is 1.04. The summed E-state index contributed by atoms with van der Waals surface area (Å²) >= 11 is 0. The average molecular weight is 212 g/mol. The molecule has 4 heteroatoms. The van der Waals surface area contributed by atoms with Crippen molar-refractivity contribution in [2.24, 2.45) is 0 Å². The van der Waals surface area contributed by atoms with Crippen LogP contribution in [-0.4, -0.2) is 9.03 Å². The Kier molecular flexibility index (Phi) is 1.71. The molecule has 1 aromatic carbocycles. The Morgan fingerprint density at radius 2 is 1.12 bits per heavy atom. The SMILES string of the molecule is O=c1c2ccccc2c(=O)n2ccccn12. The van der Waals surface area contributed by atoms with Gasteiger partial charge >= 0.3 is 0 Å². The van der Waals surface area contributed by atoms with E-state index in [0.29, 0.717) is 10.8 Å². The predicted molar refractivity (Wildman–Crippen MR) is 60.9 cm³/mol. The third-order valence-electron chi connectivity index (χ3n) is 2.60. The Balaban J connectivity index is 2.79. The lowest BCUT2D eigenvalue weighted by atomic mass is 10.2. The van der Waals surface area contributed by atoms with Gasteiger partial charge < -0.3 is 0 Å². The van der Waals surface area contributed by atoms with Gasteiger partial charge in [-0.15, -0.1) is 0 Å². The number of aromatic nitrogens is 2. The van der Waals surface area contributed by atoms with Crippen LogP contribution < -0.4 is 11.1 Å². The molecule has 0 unspecified atom stereocenters. The first kappa shape index (κ1) is 8.91. The number of benzene rings is 1. The highest BCUT2D eigenvalue weighted by Gasteiger charge is 2.06. The lowest BCUT2D eigenvalue weighted by Crippen LogP contribution is -2.29. The summed E-state index contributed by atoms with van der Waals surface area (Å²) in [5.41, 5.74) is -0.369. The molecule has 3 aromatic rings. The number of rotatable bonds is 0. The van der Waals surface area contributed by atoms with Gasteiger partial charge in [0.15, 0.2) is 0 Å². The Morgan fingerprint density at radius 1 is 0.688 bits per heavy atom. The molecule has 0 N–H and O–H groups in total. The standard InChI is InChI=1S/C12H8N2O2/c15-11-9-5-1-2-6-10(9)12(16)14-8-4-3-7-13(11)14/h1-8H. The van der Waals surface area contributed by atoms with Gasteiger partial charge in [0.25, 0.3) is 11.1 Å². The molecule has 0 fully saturated rings. The molecule has 0 amide bonds. The maximum absolute atomic E-state index is 12.0. The van der Waals surface area contributed by atoms with Crippen LogP contribution in [0.1, 0.15) is 0 Å². The highest BCUT2D eigenvalue weighted by atomic mass is 16.2. The van der Waals surface area contributed by atoms with Gasteiger partial charge in [0.1, 0.15) is 0 Å². The molecular formula is C12H8N2O2. The topological polar surface area (TPSA) is 43.0 Å². The van der Waals surface area contributed by atoms with Crippen LogP contribution in [0.15, 0.2) is 58.4 Å². The second-order valence-corrected chi connectivity index (χ2v) is 3.53. The van der Waals surface area contributed by atoms with Gasteiger partial charge in [-0.05, 0) is 24.3 Å². The van der Waals surface area contributed by atoms with Gasteiger partial charge in [-0.1, -0.05) is 12.1 Å². The van der Waals surface area contributed by atoms with Crippen LogP contribution in [0.5, 0.6) is 0 Å². The first-order valence-corrected chi connectivity index (χ1v) is 4.90. The zero-order valence-electron chi connectivity index (χ0n) is 8.33. The molecule has 0 aliphatic rings. The van der Waals surface area contributed by atoms with Crippen molar-refractivity contribution < 1.29 is 0 Å². The molecule has 0 saturated carbocycles. The molecule has 2 aromatic heterocycles. The minimum Gasteiger partial charge on any atom is -0.267 e. The Bertz CT molecular complexity index is 668. The number of fused-ring (bicyclic) bond motifs is 2. The molecule has 4 nitrogen and oxygen atoms in total. The molecule has 16 heavy (non-hydrogen) atoms. The van der Waals surface area contributed by atoms with E-state index < -0.39 is 0 Å². The summed E-state index contributed by atoms with van der Waals surface area (Å²) in [6.07, 6.45) is 3.16. The predicted octanol–water partition coefficient (Wildman–Crippen LogP) is 0.912. The molecule has 0 bridgehead atoms. The van der Waals surface area contributed by atoms with Crippen LogP contribution in [0.2, 0.25) is 0 Å². The lowest BCUT2D eigenvalue weighted by Gasteiger charge is -2.03. The fourth-order valence-corrected chi connectivity index (χ4v) is 1.84. The molecule has 3 rings (SSSR count). The average Bonchev–Trinajstić information content (AvgIpc) is 2.36. The van der Waals surface area contributed by atoms with E-state index in [1.807, 2.05) is 0 Å². The molecule has 2 heterocycles. The van der Waals surface area contributed by atoms with Crippen LogP contribution >= 0.6 is 0 Å². The Labute approximate surface area is 90.0 Å². The zero-order chi connectivity index (χ0) is 11.1. The van der Waals surface area contributed by atoms with Gasteiger partial charge in [-0.3, -0.25) is 9.59 Å². The largest absolute Gasteiger partial charge is 0.277 e. The molecule has 0 radical (unpaired) electrons. The van der Waals surface area contributed by atoms with Crippen LogP contribution in [0.25, 0.3) is 10.8 Å². The summed E-state index contributed by atoms with van der Waals surface area (Å²) < 4.78 is 2.62. The van der Waals surface area contributed by atoms with Crippen LogP contribution in [0.3, 0.4) is 0 Å². The van der Waals surface area contributed by atoms with Crippen LogP contribution in [0.4, 0.5) is 0 Å². The quantitative estimate of drug-likeness (QED) is 0.520. The molecule has 0 atom stereocenters. The van der Waals surface area contributed by atoms with Gasteiger partial charge in [0, 0.05) is 12.4 Å². The van der Waals surface area contributed by atoms with E-state index in [4.69, 9.17) is 0 Å². The maximum Gasteiger partial charge on any atom is 0.277 e. The van der Waals surface area contributed by atoms with Crippen LogP contribution in [-0.2, 0) is 0 Å². The second kappa shape index (κ2) is 3.06. The summed E-state index contributed by atoms with van der Waals surface area (Å²) in [6, 6.07) is 10.3. The van der Waals surface area contributed by atoms with E-state index in [1.165, 1.54) is 9.03 Å². The van der Waals surface area contributed by atoms with E-state index >= 15 is 0 Å². The summed E-state index contributed by atoms with van der Waals surface area (Å²) in [5, 5.41) is 0.896. The first-order valence-electron chi connectivity index (χ1n) is 4.90. The number of hydrogen-bond donors (Lipinski definition) is 0. The van der Waals surface area contributed by atoms with Gasteiger partial charge in [-0.2, -0.15) is 0 Å². The molecule has 78 valence electrons. The van der Waals surface area contributed by atoms with Gasteiger partial charge in [0.2, 0.25) is 0 Å². The Morgan fingerprint density at radius 3 is 1.56 bits per heavy atom. The fourth-order valence-electron chi connectivity index (χ4n) is 1.84. The molecule has 0 saturated heterocycles. The highest BCUT2D eigenvalue weighted by Crippen LogP contribution is 2.02. The lowest BCUT2D eigenvalue weighted by molar-refractivity contribution is 0.741. The number of hydrogen-bond acceptors (Lipinski definition) is 2. The van der Waals surface area contributed by atoms with E-state index in [0.717, 1.165) is 0 Å². The minimum atomic E-state index is -0.184. The molecule has 0 spiro atoms. The Hall–Kier alpha value is -2.36. The summed E-state index contributed by atoms with van der Waals surface area (Å²) in [6.45, 7) is 0. The van der Waals surface area contributed by atoms with Crippen molar-refractivity contribution in [3.63, 3.8) is 0 Å². The molecule has 0 aliphatic heterocycles. The van der Waals surface area contributed by atoms with Crippen molar-refractivity contribution in [3.8, 4) is 0 Å². The maximum atomic E-state index is 12.0. The van der Waals surface area contributed by atoms with E-state index in [-0.39, 0.29) is 11.1 Å². The van der Waals surface area contributed by atoms with Crippen molar-refractivity contribution in [2.75, 3.05) is 0 Å². The monoisotopic (exact) mass is 212 g/mol. The third-order valence-corrected chi connectivity index (χ3v) is 2.60. The van der Waals surface area contributed by atoms with Gasteiger partial charge in [-0.25, -0.2) is 9.03 Å².